The van der Waals surface area contributed by atoms with E-state index >= 15 is 0 Å². The smallest absolute Gasteiger partial charge is 0.229 e. The van der Waals surface area contributed by atoms with E-state index in [0.717, 1.165) is 38.9 Å². The minimum absolute atomic E-state index is 0.0344. The largest absolute Gasteiger partial charge is 0.396 e. The predicted octanol–water partition coefficient (Wildman–Crippen LogP) is 0.232. The summed E-state index contributed by atoms with van der Waals surface area (Å²) in [7, 11) is 0. The molecule has 2 heterocycles. The van der Waals surface area contributed by atoms with Crippen LogP contribution in [0.3, 0.4) is 0 Å². The Balaban J connectivity index is 1.91. The first-order valence-corrected chi connectivity index (χ1v) is 7.47. The third kappa shape index (κ3) is 3.68. The molecule has 3 atom stereocenters. The van der Waals surface area contributed by atoms with Crippen molar-refractivity contribution in [2.45, 2.75) is 32.2 Å². The Morgan fingerprint density at radius 3 is 3.05 bits per heavy atom. The number of aliphatic hydroxyl groups excluding tert-OH is 1. The number of hydrogen-bond donors (Lipinski definition) is 2. The van der Waals surface area contributed by atoms with Crippen LogP contribution >= 0.6 is 0 Å². The maximum atomic E-state index is 12.6. The fourth-order valence-electron chi connectivity index (χ4n) is 3.18. The number of likely N-dealkylation sites (N-methyl/N-ethyl adjacent to an activating group) is 1. The van der Waals surface area contributed by atoms with Gasteiger partial charge in [-0.1, -0.05) is 6.92 Å². The van der Waals surface area contributed by atoms with Gasteiger partial charge in [-0.25, -0.2) is 0 Å². The molecular weight excluding hydrogens is 244 g/mol. The van der Waals surface area contributed by atoms with E-state index in [1.54, 1.807) is 0 Å². The number of rotatable bonds is 5. The van der Waals surface area contributed by atoms with Gasteiger partial charge >= 0.3 is 0 Å². The second-order valence-corrected chi connectivity index (χ2v) is 5.61. The molecule has 0 radical (unpaired) electrons. The number of aliphatic hydroxyl groups is 1. The van der Waals surface area contributed by atoms with Gasteiger partial charge in [-0.2, -0.15) is 0 Å². The highest BCUT2D eigenvalue weighted by atomic mass is 16.5. The van der Waals surface area contributed by atoms with Crippen LogP contribution in [0, 0.1) is 11.8 Å². The summed E-state index contributed by atoms with van der Waals surface area (Å²) in [6, 6.07) is 0.163. The van der Waals surface area contributed by atoms with E-state index in [-0.39, 0.29) is 24.5 Å². The Labute approximate surface area is 115 Å². The molecule has 3 unspecified atom stereocenters. The molecule has 2 aliphatic rings. The zero-order valence-corrected chi connectivity index (χ0v) is 11.8. The first-order valence-electron chi connectivity index (χ1n) is 7.47. The summed E-state index contributed by atoms with van der Waals surface area (Å²) in [4.78, 5) is 14.6. The van der Waals surface area contributed by atoms with E-state index in [1.807, 2.05) is 4.90 Å². The summed E-state index contributed by atoms with van der Waals surface area (Å²) < 4.78 is 5.46. The molecule has 0 bridgehead atoms. The normalized spacial score (nSPS) is 31.7. The first kappa shape index (κ1) is 14.8. The van der Waals surface area contributed by atoms with Crippen molar-refractivity contribution in [3.05, 3.63) is 0 Å². The number of carbonyl (C=O) groups is 1. The van der Waals surface area contributed by atoms with Crippen molar-refractivity contribution in [3.8, 4) is 0 Å². The number of hydrogen-bond acceptors (Lipinski definition) is 4. The van der Waals surface area contributed by atoms with Crippen LogP contribution < -0.4 is 5.32 Å². The number of ether oxygens (including phenoxy) is 1. The predicted molar refractivity (Wildman–Crippen MR) is 72.8 cm³/mol. The lowest BCUT2D eigenvalue weighted by Gasteiger charge is -2.35. The molecule has 1 amide bonds. The molecule has 0 spiro atoms. The average Bonchev–Trinajstić information content (AvgIpc) is 2.87. The maximum Gasteiger partial charge on any atom is 0.229 e. The van der Waals surface area contributed by atoms with Crippen molar-refractivity contribution in [1.29, 1.82) is 0 Å². The van der Waals surface area contributed by atoms with Gasteiger partial charge < -0.3 is 20.1 Å². The molecule has 5 heteroatoms. The van der Waals surface area contributed by atoms with E-state index < -0.39 is 0 Å². The Morgan fingerprint density at radius 2 is 2.32 bits per heavy atom. The van der Waals surface area contributed by atoms with Crippen LogP contribution in [0.15, 0.2) is 0 Å². The van der Waals surface area contributed by atoms with E-state index in [1.165, 1.54) is 0 Å². The third-order valence-electron chi connectivity index (χ3n) is 4.23. The Kier molecular flexibility index (Phi) is 5.60. The zero-order chi connectivity index (χ0) is 13.7. The summed E-state index contributed by atoms with van der Waals surface area (Å²) in [5, 5.41) is 12.4. The van der Waals surface area contributed by atoms with Crippen LogP contribution in [0.1, 0.15) is 26.2 Å². The molecular formula is C14H26N2O3. The second-order valence-electron chi connectivity index (χ2n) is 5.61. The summed E-state index contributed by atoms with van der Waals surface area (Å²) >= 11 is 0. The molecule has 110 valence electrons. The number of nitrogens with zero attached hydrogens (tertiary/aromatic N) is 1. The first-order chi connectivity index (χ1) is 9.26. The number of piperidine rings is 1. The molecule has 0 aromatic heterocycles. The summed E-state index contributed by atoms with van der Waals surface area (Å²) in [5.41, 5.74) is 0. The Morgan fingerprint density at radius 1 is 1.47 bits per heavy atom. The van der Waals surface area contributed by atoms with Gasteiger partial charge in [-0.15, -0.1) is 0 Å². The molecule has 2 N–H and O–H groups in total. The average molecular weight is 270 g/mol. The number of amides is 1. The van der Waals surface area contributed by atoms with Gasteiger partial charge in [0.2, 0.25) is 5.91 Å². The van der Waals surface area contributed by atoms with Crippen molar-refractivity contribution in [2.24, 2.45) is 11.8 Å². The number of nitrogens with one attached hydrogen (secondary N) is 1. The van der Waals surface area contributed by atoms with Gasteiger partial charge in [0.1, 0.15) is 0 Å². The number of carbonyl (C=O) groups excluding carboxylic acids is 1. The molecule has 2 rings (SSSR count). The van der Waals surface area contributed by atoms with Gasteiger partial charge in [0.15, 0.2) is 0 Å². The quantitative estimate of drug-likeness (QED) is 0.751. The lowest BCUT2D eigenvalue weighted by Crippen LogP contribution is -2.48. The topological polar surface area (TPSA) is 61.8 Å². The highest BCUT2D eigenvalue weighted by molar-refractivity contribution is 5.80. The van der Waals surface area contributed by atoms with E-state index in [4.69, 9.17) is 9.84 Å². The molecule has 0 aromatic carbocycles. The van der Waals surface area contributed by atoms with Crippen LogP contribution in [0.5, 0.6) is 0 Å². The molecule has 5 nitrogen and oxygen atoms in total. The Hall–Kier alpha value is -0.650. The minimum Gasteiger partial charge on any atom is -0.396 e. The van der Waals surface area contributed by atoms with Crippen LogP contribution in [0.25, 0.3) is 0 Å². The zero-order valence-electron chi connectivity index (χ0n) is 11.8. The summed E-state index contributed by atoms with van der Waals surface area (Å²) in [5.74, 6) is 0.654. The van der Waals surface area contributed by atoms with Crippen molar-refractivity contribution in [2.75, 3.05) is 39.5 Å². The summed E-state index contributed by atoms with van der Waals surface area (Å²) in [6.07, 6.45) is 2.99. The van der Waals surface area contributed by atoms with Gasteiger partial charge in [0.05, 0.1) is 19.1 Å². The molecule has 2 fully saturated rings. The minimum atomic E-state index is -0.0344. The third-order valence-corrected chi connectivity index (χ3v) is 4.23. The number of likely N-dealkylation sites (tertiary alicyclic amines) is 1. The molecule has 0 saturated carbocycles. The highest BCUT2D eigenvalue weighted by Crippen LogP contribution is 2.23. The van der Waals surface area contributed by atoms with Gasteiger partial charge in [-0.05, 0) is 31.7 Å². The highest BCUT2D eigenvalue weighted by Gasteiger charge is 2.37. The van der Waals surface area contributed by atoms with E-state index in [9.17, 15) is 4.79 Å². The van der Waals surface area contributed by atoms with Gasteiger partial charge in [-0.3, -0.25) is 4.79 Å². The fourth-order valence-corrected chi connectivity index (χ4v) is 3.18. The van der Waals surface area contributed by atoms with E-state index in [2.05, 4.69) is 12.2 Å². The van der Waals surface area contributed by atoms with Crippen LogP contribution in [0.2, 0.25) is 0 Å². The monoisotopic (exact) mass is 270 g/mol. The van der Waals surface area contributed by atoms with Crippen LogP contribution in [-0.4, -0.2) is 61.4 Å². The van der Waals surface area contributed by atoms with E-state index in [0.29, 0.717) is 19.1 Å². The maximum absolute atomic E-state index is 12.6. The SMILES string of the molecule is CCNC1COCC1C(=O)N1CCCC(CCO)C1. The van der Waals surface area contributed by atoms with Crippen molar-refractivity contribution in [3.63, 3.8) is 0 Å². The summed E-state index contributed by atoms with van der Waals surface area (Å²) in [6.45, 7) is 5.98. The fraction of sp³-hybridized carbons (Fsp3) is 0.929. The molecule has 2 saturated heterocycles. The molecule has 0 aliphatic carbocycles. The van der Waals surface area contributed by atoms with Crippen molar-refractivity contribution >= 4 is 5.91 Å². The van der Waals surface area contributed by atoms with Crippen LogP contribution in [0.4, 0.5) is 0 Å². The standard InChI is InChI=1S/C14H26N2O3/c1-2-15-13-10-19-9-12(13)14(18)16-6-3-4-11(8-16)5-7-17/h11-13,15,17H,2-10H2,1H3. The van der Waals surface area contributed by atoms with Gasteiger partial charge in [0, 0.05) is 25.7 Å². The molecule has 19 heavy (non-hydrogen) atoms. The van der Waals surface area contributed by atoms with Crippen LogP contribution in [-0.2, 0) is 9.53 Å². The Bertz CT molecular complexity index is 296. The lowest BCUT2D eigenvalue weighted by atomic mass is 9.93. The molecule has 0 aromatic rings. The van der Waals surface area contributed by atoms with Crippen molar-refractivity contribution < 1.29 is 14.6 Å². The molecule has 2 aliphatic heterocycles. The lowest BCUT2D eigenvalue weighted by molar-refractivity contribution is -0.138. The van der Waals surface area contributed by atoms with Crippen molar-refractivity contribution in [1.82, 2.24) is 10.2 Å². The second kappa shape index (κ2) is 7.22. The van der Waals surface area contributed by atoms with Gasteiger partial charge in [0.25, 0.3) is 0 Å².